The smallest absolute Gasteiger partial charge is 0.0272 e. The van der Waals surface area contributed by atoms with Gasteiger partial charge < -0.3 is 0 Å². The van der Waals surface area contributed by atoms with Crippen molar-refractivity contribution in [1.29, 1.82) is 0 Å². The van der Waals surface area contributed by atoms with Gasteiger partial charge in [-0.2, -0.15) is 0 Å². The van der Waals surface area contributed by atoms with Crippen molar-refractivity contribution in [2.24, 2.45) is 23.7 Å². The lowest BCUT2D eigenvalue weighted by Crippen LogP contribution is -2.55. The molecule has 0 aromatic heterocycles. The van der Waals surface area contributed by atoms with E-state index in [1.54, 1.807) is 11.1 Å². The summed E-state index contributed by atoms with van der Waals surface area (Å²) in [6.45, 7) is 0. The highest BCUT2D eigenvalue weighted by Gasteiger charge is 2.61. The predicted molar refractivity (Wildman–Crippen MR) is 140 cm³/mol. The zero-order chi connectivity index (χ0) is 21.7. The van der Waals surface area contributed by atoms with E-state index in [2.05, 4.69) is 94.8 Å². The second-order valence-electron chi connectivity index (χ2n) is 11.2. The molecule has 1 spiro atoms. The number of fused-ring (bicyclic) bond motifs is 4. The summed E-state index contributed by atoms with van der Waals surface area (Å²) in [5.74, 6) is 3.53. The topological polar surface area (TPSA) is 0 Å². The molecule has 0 saturated heterocycles. The highest BCUT2D eigenvalue weighted by Crippen LogP contribution is 2.69. The highest BCUT2D eigenvalue weighted by molar-refractivity contribution is 9.10. The standard InChI is InChI=1S/C32H27Br/c33-31-8-4-3-7-26(31)23-9-10-27-28-16-21-5-1-2-6-22(21)17-30(28)32(29(27)18-23)24-12-19-11-20(14-24)15-25(32)13-19/h1-10,16-20,24-25H,11-15H2. The lowest BCUT2D eigenvalue weighted by atomic mass is 9.43. The number of hydrogen-bond acceptors (Lipinski definition) is 0. The Bertz CT molecular complexity index is 1420. The molecule has 0 unspecified atom stereocenters. The van der Waals surface area contributed by atoms with Gasteiger partial charge in [-0.05, 0) is 124 Å². The third-order valence-electron chi connectivity index (χ3n) is 9.70. The van der Waals surface area contributed by atoms with Crippen LogP contribution in [0, 0.1) is 23.7 Å². The Kier molecular flexibility index (Phi) is 3.80. The maximum absolute atomic E-state index is 3.82. The molecule has 0 N–H and O–H groups in total. The summed E-state index contributed by atoms with van der Waals surface area (Å²) >= 11 is 3.82. The number of halogens is 1. The Morgan fingerprint density at radius 1 is 0.576 bits per heavy atom. The zero-order valence-corrected chi connectivity index (χ0v) is 20.3. The van der Waals surface area contributed by atoms with E-state index >= 15 is 0 Å². The Labute approximate surface area is 204 Å². The molecule has 1 heteroatoms. The van der Waals surface area contributed by atoms with Crippen molar-refractivity contribution < 1.29 is 0 Å². The van der Waals surface area contributed by atoms with E-state index in [0.29, 0.717) is 0 Å². The van der Waals surface area contributed by atoms with Crippen molar-refractivity contribution in [2.45, 2.75) is 37.5 Å². The maximum Gasteiger partial charge on any atom is 0.0272 e. The fourth-order valence-corrected chi connectivity index (χ4v) is 9.26. The first-order valence-electron chi connectivity index (χ1n) is 12.6. The molecule has 0 radical (unpaired) electrons. The van der Waals surface area contributed by atoms with Crippen LogP contribution in [0.15, 0.2) is 83.3 Å². The lowest BCUT2D eigenvalue weighted by Gasteiger charge is -2.61. The molecular formula is C32H27Br. The Morgan fingerprint density at radius 2 is 1.21 bits per heavy atom. The van der Waals surface area contributed by atoms with E-state index in [1.165, 1.54) is 69.6 Å². The minimum atomic E-state index is 0.208. The summed E-state index contributed by atoms with van der Waals surface area (Å²) in [6, 6.07) is 30.1. The summed E-state index contributed by atoms with van der Waals surface area (Å²) in [6.07, 6.45) is 7.21. The average Bonchev–Trinajstić information content (AvgIpc) is 3.10. The summed E-state index contributed by atoms with van der Waals surface area (Å²) in [7, 11) is 0. The molecule has 9 rings (SSSR count). The molecule has 4 aromatic carbocycles. The normalized spacial score (nSPS) is 30.7. The Balaban J connectivity index is 1.44. The van der Waals surface area contributed by atoms with E-state index in [-0.39, 0.29) is 5.41 Å². The monoisotopic (exact) mass is 490 g/mol. The maximum atomic E-state index is 3.82. The van der Waals surface area contributed by atoms with Gasteiger partial charge in [-0.3, -0.25) is 0 Å². The van der Waals surface area contributed by atoms with Gasteiger partial charge in [0, 0.05) is 9.89 Å². The van der Waals surface area contributed by atoms with Gasteiger partial charge in [-0.15, -0.1) is 0 Å². The van der Waals surface area contributed by atoms with E-state index in [4.69, 9.17) is 0 Å². The van der Waals surface area contributed by atoms with E-state index in [9.17, 15) is 0 Å². The molecule has 0 nitrogen and oxygen atoms in total. The first kappa shape index (κ1) is 19.0. The molecule has 5 aliphatic carbocycles. The van der Waals surface area contributed by atoms with Crippen LogP contribution in [0.3, 0.4) is 0 Å². The van der Waals surface area contributed by atoms with Crippen LogP contribution >= 0.6 is 15.9 Å². The minimum Gasteiger partial charge on any atom is -0.0616 e. The molecule has 5 aliphatic rings. The summed E-state index contributed by atoms with van der Waals surface area (Å²) < 4.78 is 1.19. The largest absolute Gasteiger partial charge is 0.0616 e. The van der Waals surface area contributed by atoms with Crippen LogP contribution < -0.4 is 0 Å². The summed E-state index contributed by atoms with van der Waals surface area (Å²) in [5, 5.41) is 2.78. The third-order valence-corrected chi connectivity index (χ3v) is 10.4. The third kappa shape index (κ3) is 2.42. The SMILES string of the molecule is Brc1ccccc1-c1ccc2c(c1)C1(c3cc4ccccc4cc3-2)C2CC3CC(C2)CC1C3. The van der Waals surface area contributed by atoms with E-state index in [0.717, 1.165) is 23.7 Å². The van der Waals surface area contributed by atoms with Crippen LogP contribution in [-0.4, -0.2) is 0 Å². The highest BCUT2D eigenvalue weighted by atomic mass is 79.9. The van der Waals surface area contributed by atoms with E-state index in [1.807, 2.05) is 0 Å². The van der Waals surface area contributed by atoms with Crippen LogP contribution in [0.4, 0.5) is 0 Å². The van der Waals surface area contributed by atoms with Crippen LogP contribution in [0.2, 0.25) is 0 Å². The molecule has 162 valence electrons. The van der Waals surface area contributed by atoms with Gasteiger partial charge in [0.1, 0.15) is 0 Å². The van der Waals surface area contributed by atoms with Crippen LogP contribution in [-0.2, 0) is 5.41 Å². The molecule has 4 saturated carbocycles. The van der Waals surface area contributed by atoms with Gasteiger partial charge in [-0.1, -0.05) is 70.5 Å². The van der Waals surface area contributed by atoms with Crippen molar-refractivity contribution in [2.75, 3.05) is 0 Å². The van der Waals surface area contributed by atoms with Crippen molar-refractivity contribution in [3.63, 3.8) is 0 Å². The lowest BCUT2D eigenvalue weighted by molar-refractivity contribution is -0.0398. The van der Waals surface area contributed by atoms with E-state index < -0.39 is 0 Å². The van der Waals surface area contributed by atoms with Gasteiger partial charge in [0.05, 0.1) is 0 Å². The number of benzene rings is 4. The van der Waals surface area contributed by atoms with Crippen molar-refractivity contribution in [3.8, 4) is 22.3 Å². The molecule has 33 heavy (non-hydrogen) atoms. The molecule has 4 aromatic rings. The molecular weight excluding hydrogens is 464 g/mol. The molecule has 0 amide bonds. The first-order chi connectivity index (χ1) is 16.2. The summed E-state index contributed by atoms with van der Waals surface area (Å²) in [4.78, 5) is 0. The van der Waals surface area contributed by atoms with Crippen LogP contribution in [0.25, 0.3) is 33.0 Å². The Hall–Kier alpha value is -2.38. The molecule has 4 fully saturated rings. The molecule has 0 heterocycles. The number of hydrogen-bond donors (Lipinski definition) is 0. The fraction of sp³-hybridized carbons (Fsp3) is 0.312. The zero-order valence-electron chi connectivity index (χ0n) is 18.7. The first-order valence-corrected chi connectivity index (χ1v) is 13.4. The van der Waals surface area contributed by atoms with Gasteiger partial charge in [0.15, 0.2) is 0 Å². The van der Waals surface area contributed by atoms with Gasteiger partial charge in [0.25, 0.3) is 0 Å². The Morgan fingerprint density at radius 3 is 1.94 bits per heavy atom. The minimum absolute atomic E-state index is 0.208. The van der Waals surface area contributed by atoms with Gasteiger partial charge in [-0.25, -0.2) is 0 Å². The second-order valence-corrected chi connectivity index (χ2v) is 12.0. The number of rotatable bonds is 1. The molecule has 4 bridgehead atoms. The summed E-state index contributed by atoms with van der Waals surface area (Å²) in [5.41, 5.74) is 9.16. The van der Waals surface area contributed by atoms with Gasteiger partial charge in [0.2, 0.25) is 0 Å². The van der Waals surface area contributed by atoms with Gasteiger partial charge >= 0.3 is 0 Å². The van der Waals surface area contributed by atoms with Crippen LogP contribution in [0.5, 0.6) is 0 Å². The van der Waals surface area contributed by atoms with Crippen LogP contribution in [0.1, 0.15) is 43.2 Å². The average molecular weight is 491 g/mol. The predicted octanol–water partition coefficient (Wildman–Crippen LogP) is 8.99. The van der Waals surface area contributed by atoms with Crippen molar-refractivity contribution in [1.82, 2.24) is 0 Å². The molecule has 0 atom stereocenters. The molecule has 0 aliphatic heterocycles. The second kappa shape index (κ2) is 6.60. The fourth-order valence-electron chi connectivity index (χ4n) is 8.74. The van der Waals surface area contributed by atoms with Crippen molar-refractivity contribution >= 4 is 26.7 Å². The van der Waals surface area contributed by atoms with Crippen molar-refractivity contribution in [3.05, 3.63) is 94.5 Å². The quantitative estimate of drug-likeness (QED) is 0.249.